The van der Waals surface area contributed by atoms with E-state index >= 15 is 0 Å². The number of benzene rings is 9. The number of aromatic nitrogens is 3. The van der Waals surface area contributed by atoms with Gasteiger partial charge in [0.2, 0.25) is 5.71 Å². The van der Waals surface area contributed by atoms with Gasteiger partial charge in [0.1, 0.15) is 27.9 Å². The number of rotatable bonds is 5. The van der Waals surface area contributed by atoms with Gasteiger partial charge in [-0.15, -0.1) is 0 Å². The first-order valence-corrected chi connectivity index (χ1v) is 21.5. The summed E-state index contributed by atoms with van der Waals surface area (Å²) in [6, 6.07) is 69.7. The fourth-order valence-corrected chi connectivity index (χ4v) is 9.97. The van der Waals surface area contributed by atoms with E-state index in [2.05, 4.69) is 150 Å². The van der Waals surface area contributed by atoms with Crippen LogP contribution in [0.2, 0.25) is 0 Å². The number of fused-ring (bicyclic) bond motifs is 12. The summed E-state index contributed by atoms with van der Waals surface area (Å²) < 4.78 is 22.1. The number of furan rings is 3. The van der Waals surface area contributed by atoms with Crippen LogP contribution in [0.4, 0.5) is 0 Å². The summed E-state index contributed by atoms with van der Waals surface area (Å²) in [6.45, 7) is 0. The maximum absolute atomic E-state index is 6.70. The number of nitrogens with zero attached hydrogens (tertiary/aromatic N) is 3. The molecule has 0 bridgehead atoms. The summed E-state index contributed by atoms with van der Waals surface area (Å²) in [5.74, 6) is 0.551. The highest BCUT2D eigenvalue weighted by Crippen LogP contribution is 2.45. The molecule has 298 valence electrons. The number of para-hydroxylation sites is 3. The van der Waals surface area contributed by atoms with E-state index in [-0.39, 0.29) is 0 Å². The van der Waals surface area contributed by atoms with Crippen LogP contribution < -0.4 is 0 Å². The molecule has 6 heteroatoms. The highest BCUT2D eigenvalue weighted by Gasteiger charge is 2.24. The van der Waals surface area contributed by atoms with Gasteiger partial charge in [0, 0.05) is 54.5 Å². The highest BCUT2D eigenvalue weighted by atomic mass is 16.3. The molecule has 0 amide bonds. The molecule has 0 saturated heterocycles. The van der Waals surface area contributed by atoms with Crippen molar-refractivity contribution in [1.29, 1.82) is 0 Å². The molecule has 14 rings (SSSR count). The van der Waals surface area contributed by atoms with Gasteiger partial charge in [-0.2, -0.15) is 4.98 Å². The molecule has 0 fully saturated rings. The molecule has 0 saturated carbocycles. The predicted molar refractivity (Wildman–Crippen MR) is 260 cm³/mol. The predicted octanol–water partition coefficient (Wildman–Crippen LogP) is 15.9. The maximum Gasteiger partial charge on any atom is 0.231 e. The molecule has 64 heavy (non-hydrogen) atoms. The van der Waals surface area contributed by atoms with Crippen LogP contribution in [0, 0.1) is 0 Å². The van der Waals surface area contributed by atoms with Crippen LogP contribution in [-0.2, 0) is 0 Å². The Kier molecular flexibility index (Phi) is 7.30. The summed E-state index contributed by atoms with van der Waals surface area (Å²) in [6.07, 6.45) is 0. The van der Waals surface area contributed by atoms with Crippen LogP contribution in [0.3, 0.4) is 0 Å². The Labute approximate surface area is 364 Å². The van der Waals surface area contributed by atoms with Crippen LogP contribution in [-0.4, -0.2) is 14.5 Å². The second kappa shape index (κ2) is 13.4. The molecule has 0 unspecified atom stereocenters. The van der Waals surface area contributed by atoms with Crippen molar-refractivity contribution in [2.75, 3.05) is 0 Å². The van der Waals surface area contributed by atoms with Crippen molar-refractivity contribution in [3.63, 3.8) is 0 Å². The summed E-state index contributed by atoms with van der Waals surface area (Å²) in [5, 5.41) is 8.16. The number of hydrogen-bond donors (Lipinski definition) is 0. The fraction of sp³-hybridized carbons (Fsp3) is 0. The topological polar surface area (TPSA) is 70.1 Å². The summed E-state index contributed by atoms with van der Waals surface area (Å²) in [7, 11) is 0. The molecule has 6 nitrogen and oxygen atoms in total. The largest absolute Gasteiger partial charge is 0.456 e. The summed E-state index contributed by atoms with van der Waals surface area (Å²) >= 11 is 0. The molecule has 5 heterocycles. The van der Waals surface area contributed by atoms with Gasteiger partial charge in [-0.25, -0.2) is 4.98 Å². The molecule has 0 aliphatic carbocycles. The third-order valence-corrected chi connectivity index (χ3v) is 12.9. The Hall–Kier alpha value is -8.74. The van der Waals surface area contributed by atoms with E-state index in [0.717, 1.165) is 105 Å². The maximum atomic E-state index is 6.70. The van der Waals surface area contributed by atoms with E-state index in [0.29, 0.717) is 11.5 Å². The van der Waals surface area contributed by atoms with E-state index in [1.165, 1.54) is 21.8 Å². The average molecular weight is 820 g/mol. The minimum Gasteiger partial charge on any atom is -0.456 e. The minimum atomic E-state index is 0.512. The highest BCUT2D eigenvalue weighted by molar-refractivity contribution is 6.20. The second-order valence-corrected chi connectivity index (χ2v) is 16.4. The monoisotopic (exact) mass is 819 g/mol. The third-order valence-electron chi connectivity index (χ3n) is 12.9. The van der Waals surface area contributed by atoms with Gasteiger partial charge in [0.05, 0.1) is 22.1 Å². The molecule has 0 aliphatic heterocycles. The fourth-order valence-electron chi connectivity index (χ4n) is 9.97. The Balaban J connectivity index is 1.02. The van der Waals surface area contributed by atoms with Crippen molar-refractivity contribution in [3.05, 3.63) is 200 Å². The average Bonchev–Trinajstić information content (AvgIpc) is 4.12. The molecule has 0 spiro atoms. The summed E-state index contributed by atoms with van der Waals surface area (Å²) in [5.41, 5.74) is 14.9. The van der Waals surface area contributed by atoms with Gasteiger partial charge in [0.15, 0.2) is 5.82 Å². The van der Waals surface area contributed by atoms with Gasteiger partial charge in [-0.3, -0.25) is 0 Å². The van der Waals surface area contributed by atoms with Crippen molar-refractivity contribution < 1.29 is 13.3 Å². The van der Waals surface area contributed by atoms with Gasteiger partial charge < -0.3 is 17.8 Å². The first-order valence-electron chi connectivity index (χ1n) is 21.5. The quantitative estimate of drug-likeness (QED) is 0.173. The zero-order chi connectivity index (χ0) is 41.9. The van der Waals surface area contributed by atoms with Gasteiger partial charge in [-0.1, -0.05) is 127 Å². The lowest BCUT2D eigenvalue weighted by molar-refractivity contribution is 0.653. The van der Waals surface area contributed by atoms with Crippen molar-refractivity contribution in [2.45, 2.75) is 0 Å². The molecule has 5 aromatic heterocycles. The molecule has 0 atom stereocenters. The van der Waals surface area contributed by atoms with Crippen molar-refractivity contribution in [2.24, 2.45) is 0 Å². The minimum absolute atomic E-state index is 0.512. The van der Waals surface area contributed by atoms with Crippen LogP contribution in [0.5, 0.6) is 0 Å². The molecular weight excluding hydrogens is 787 g/mol. The van der Waals surface area contributed by atoms with Crippen LogP contribution >= 0.6 is 0 Å². The smallest absolute Gasteiger partial charge is 0.231 e. The lowest BCUT2D eigenvalue weighted by Gasteiger charge is -2.10. The molecule has 0 N–H and O–H groups in total. The van der Waals surface area contributed by atoms with Gasteiger partial charge in [0.25, 0.3) is 0 Å². The van der Waals surface area contributed by atoms with Crippen molar-refractivity contribution in [1.82, 2.24) is 14.5 Å². The van der Waals surface area contributed by atoms with E-state index in [1.807, 2.05) is 54.6 Å². The van der Waals surface area contributed by atoms with E-state index in [4.69, 9.17) is 23.2 Å². The Morgan fingerprint density at radius 1 is 0.328 bits per heavy atom. The van der Waals surface area contributed by atoms with Crippen molar-refractivity contribution in [3.8, 4) is 50.6 Å². The van der Waals surface area contributed by atoms with Crippen molar-refractivity contribution >= 4 is 87.8 Å². The van der Waals surface area contributed by atoms with Gasteiger partial charge >= 0.3 is 0 Å². The molecule has 0 radical (unpaired) electrons. The lowest BCUT2D eigenvalue weighted by atomic mass is 9.96. The second-order valence-electron chi connectivity index (χ2n) is 16.4. The molecular formula is C58H33N3O3. The molecule has 14 aromatic rings. The van der Waals surface area contributed by atoms with E-state index in [9.17, 15) is 0 Å². The Morgan fingerprint density at radius 2 is 0.875 bits per heavy atom. The number of hydrogen-bond acceptors (Lipinski definition) is 5. The molecule has 9 aromatic carbocycles. The summed E-state index contributed by atoms with van der Waals surface area (Å²) in [4.78, 5) is 10.8. The first-order chi connectivity index (χ1) is 31.7. The zero-order valence-electron chi connectivity index (χ0n) is 34.1. The first kappa shape index (κ1) is 34.9. The van der Waals surface area contributed by atoms with Crippen LogP contribution in [0.25, 0.3) is 138 Å². The lowest BCUT2D eigenvalue weighted by Crippen LogP contribution is -1.95. The molecule has 0 aliphatic rings. The van der Waals surface area contributed by atoms with E-state index < -0.39 is 0 Å². The van der Waals surface area contributed by atoms with Crippen LogP contribution in [0.15, 0.2) is 213 Å². The Bertz CT molecular complexity index is 4190. The van der Waals surface area contributed by atoms with Crippen LogP contribution in [0.1, 0.15) is 0 Å². The zero-order valence-corrected chi connectivity index (χ0v) is 34.1. The Morgan fingerprint density at radius 3 is 1.66 bits per heavy atom. The normalized spacial score (nSPS) is 12.1. The third kappa shape index (κ3) is 5.14. The standard InChI is InChI=1S/C58H33N3O3/c1-3-13-34(14-4-1)35-26-30-50-45(32-35)55-56(59-57(60-58(55)64-50)42-20-12-24-51-53(42)40-18-8-10-22-48(40)62-51)41-19-11-23-52-54(41)44-33-37(27-29-49(44)63-52)36-25-28-47-43(31-36)39-17-7-9-21-46(39)61(47)38-15-5-2-6-16-38/h1-33H. The van der Waals surface area contributed by atoms with E-state index in [1.54, 1.807) is 0 Å². The SMILES string of the molecule is c1ccc(-c2ccc3oc4nc(-c5cccc6oc7ccccc7c56)nc(-c5cccc6oc7ccc(-c8ccc9c(c8)c8ccccc8n9-c8ccccc8)cc7c56)c4c3c2)cc1. The van der Waals surface area contributed by atoms with Gasteiger partial charge in [-0.05, 0) is 95.1 Å².